The molecule has 0 fully saturated rings. The summed E-state index contributed by atoms with van der Waals surface area (Å²) in [5, 5.41) is 3.92. The van der Waals surface area contributed by atoms with Crippen molar-refractivity contribution in [3.63, 3.8) is 0 Å². The standard InChI is InChI=1S/C19H20FN3O2S/c1-23(11-14-3-9-17(26-2)10-4-14)12-19-21-18(22-25-19)13-24-16-7-5-15(20)6-8-16/h3-10H,11-13H2,1-2H3. The molecule has 0 aliphatic carbocycles. The van der Waals surface area contributed by atoms with Crippen LogP contribution in [0.4, 0.5) is 4.39 Å². The quantitative estimate of drug-likeness (QED) is 0.553. The Bertz CT molecular complexity index is 822. The Balaban J connectivity index is 1.49. The highest BCUT2D eigenvalue weighted by Gasteiger charge is 2.10. The van der Waals surface area contributed by atoms with Gasteiger partial charge in [0.25, 0.3) is 0 Å². The minimum absolute atomic E-state index is 0.176. The van der Waals surface area contributed by atoms with Crippen molar-refractivity contribution in [2.24, 2.45) is 0 Å². The van der Waals surface area contributed by atoms with E-state index in [2.05, 4.69) is 45.6 Å². The Morgan fingerprint density at radius 3 is 2.50 bits per heavy atom. The van der Waals surface area contributed by atoms with Gasteiger partial charge in [-0.3, -0.25) is 4.90 Å². The van der Waals surface area contributed by atoms with E-state index in [1.54, 1.807) is 23.9 Å². The maximum atomic E-state index is 12.9. The van der Waals surface area contributed by atoms with Crippen molar-refractivity contribution in [3.05, 3.63) is 71.6 Å². The van der Waals surface area contributed by atoms with Crippen LogP contribution in [0.15, 0.2) is 57.9 Å². The summed E-state index contributed by atoms with van der Waals surface area (Å²) in [6, 6.07) is 14.3. The lowest BCUT2D eigenvalue weighted by Gasteiger charge is -2.14. The van der Waals surface area contributed by atoms with Gasteiger partial charge in [-0.25, -0.2) is 4.39 Å². The molecular weight excluding hydrogens is 353 g/mol. The summed E-state index contributed by atoms with van der Waals surface area (Å²) >= 11 is 1.73. The molecule has 0 radical (unpaired) electrons. The molecule has 2 aromatic carbocycles. The molecule has 0 saturated heterocycles. The zero-order valence-corrected chi connectivity index (χ0v) is 15.5. The minimum Gasteiger partial charge on any atom is -0.485 e. The second-order valence-corrected chi connectivity index (χ2v) is 6.75. The van der Waals surface area contributed by atoms with Crippen molar-refractivity contribution in [3.8, 4) is 5.75 Å². The molecule has 1 aromatic heterocycles. The van der Waals surface area contributed by atoms with E-state index in [-0.39, 0.29) is 12.4 Å². The topological polar surface area (TPSA) is 51.4 Å². The van der Waals surface area contributed by atoms with Crippen LogP contribution in [0.3, 0.4) is 0 Å². The van der Waals surface area contributed by atoms with E-state index >= 15 is 0 Å². The second-order valence-electron chi connectivity index (χ2n) is 5.87. The fourth-order valence-electron chi connectivity index (χ4n) is 2.42. The molecule has 0 bridgehead atoms. The van der Waals surface area contributed by atoms with E-state index in [1.165, 1.54) is 22.6 Å². The van der Waals surface area contributed by atoms with Crippen LogP contribution < -0.4 is 4.74 Å². The molecule has 7 heteroatoms. The molecule has 136 valence electrons. The molecule has 3 rings (SSSR count). The highest BCUT2D eigenvalue weighted by atomic mass is 32.2. The Kier molecular flexibility index (Phi) is 6.25. The summed E-state index contributed by atoms with van der Waals surface area (Å²) in [6.07, 6.45) is 2.06. The average molecular weight is 373 g/mol. The number of aromatic nitrogens is 2. The van der Waals surface area contributed by atoms with E-state index in [1.807, 2.05) is 7.05 Å². The lowest BCUT2D eigenvalue weighted by atomic mass is 10.2. The van der Waals surface area contributed by atoms with Gasteiger partial charge in [-0.1, -0.05) is 17.3 Å². The first-order valence-corrected chi connectivity index (χ1v) is 9.36. The van der Waals surface area contributed by atoms with Crippen LogP contribution >= 0.6 is 11.8 Å². The first-order valence-electron chi connectivity index (χ1n) is 8.13. The fraction of sp³-hybridized carbons (Fsp3) is 0.263. The van der Waals surface area contributed by atoms with Gasteiger partial charge in [-0.05, 0) is 55.3 Å². The molecule has 0 aliphatic rings. The fourth-order valence-corrected chi connectivity index (χ4v) is 2.83. The highest BCUT2D eigenvalue weighted by Crippen LogP contribution is 2.16. The molecule has 0 N–H and O–H groups in total. The number of halogens is 1. The van der Waals surface area contributed by atoms with E-state index < -0.39 is 0 Å². The van der Waals surface area contributed by atoms with Gasteiger partial charge in [0, 0.05) is 11.4 Å². The maximum absolute atomic E-state index is 12.9. The van der Waals surface area contributed by atoms with E-state index in [0.29, 0.717) is 24.0 Å². The lowest BCUT2D eigenvalue weighted by molar-refractivity contribution is 0.256. The third-order valence-electron chi connectivity index (χ3n) is 3.71. The third-order valence-corrected chi connectivity index (χ3v) is 4.45. The number of benzene rings is 2. The normalized spacial score (nSPS) is 11.1. The smallest absolute Gasteiger partial charge is 0.240 e. The van der Waals surface area contributed by atoms with Gasteiger partial charge in [-0.2, -0.15) is 4.98 Å². The molecule has 5 nitrogen and oxygen atoms in total. The third kappa shape index (κ3) is 5.31. The van der Waals surface area contributed by atoms with Crippen LogP contribution in [0.2, 0.25) is 0 Å². The van der Waals surface area contributed by atoms with E-state index in [0.717, 1.165) is 6.54 Å². The van der Waals surface area contributed by atoms with Gasteiger partial charge >= 0.3 is 0 Å². The van der Waals surface area contributed by atoms with E-state index in [9.17, 15) is 4.39 Å². The zero-order chi connectivity index (χ0) is 18.4. The van der Waals surface area contributed by atoms with E-state index in [4.69, 9.17) is 9.26 Å². The SMILES string of the molecule is CSc1ccc(CN(C)Cc2nc(COc3ccc(F)cc3)no2)cc1. The zero-order valence-electron chi connectivity index (χ0n) is 14.7. The van der Waals surface area contributed by atoms with Crippen molar-refractivity contribution in [1.29, 1.82) is 0 Å². The van der Waals surface area contributed by atoms with Gasteiger partial charge in [0.1, 0.15) is 11.6 Å². The summed E-state index contributed by atoms with van der Waals surface area (Å²) in [5.41, 5.74) is 1.23. The van der Waals surface area contributed by atoms with Crippen molar-refractivity contribution in [1.82, 2.24) is 15.0 Å². The monoisotopic (exact) mass is 373 g/mol. The Hall–Kier alpha value is -2.38. The first kappa shape index (κ1) is 18.4. The predicted molar refractivity (Wildman–Crippen MR) is 98.4 cm³/mol. The summed E-state index contributed by atoms with van der Waals surface area (Å²) in [6.45, 7) is 1.52. The van der Waals surface area contributed by atoms with Gasteiger partial charge in [-0.15, -0.1) is 11.8 Å². The van der Waals surface area contributed by atoms with Crippen LogP contribution in [0.25, 0.3) is 0 Å². The summed E-state index contributed by atoms with van der Waals surface area (Å²) in [7, 11) is 2.00. The number of rotatable bonds is 8. The number of thioether (sulfide) groups is 1. The number of nitrogens with zero attached hydrogens (tertiary/aromatic N) is 3. The molecule has 0 unspecified atom stereocenters. The molecule has 0 amide bonds. The van der Waals surface area contributed by atoms with Crippen LogP contribution in [0.1, 0.15) is 17.3 Å². The molecule has 0 aliphatic heterocycles. The van der Waals surface area contributed by atoms with Crippen LogP contribution in [0, 0.1) is 5.82 Å². The minimum atomic E-state index is -0.301. The van der Waals surface area contributed by atoms with Crippen LogP contribution in [-0.2, 0) is 19.7 Å². The molecular formula is C19H20FN3O2S. The van der Waals surface area contributed by atoms with Gasteiger partial charge in [0.15, 0.2) is 6.61 Å². The van der Waals surface area contributed by atoms with Gasteiger partial charge in [0.05, 0.1) is 6.54 Å². The van der Waals surface area contributed by atoms with Crippen LogP contribution in [-0.4, -0.2) is 28.3 Å². The summed E-state index contributed by atoms with van der Waals surface area (Å²) in [5.74, 6) is 1.25. The molecule has 0 atom stereocenters. The number of ether oxygens (including phenoxy) is 1. The van der Waals surface area contributed by atoms with Crippen molar-refractivity contribution in [2.75, 3.05) is 13.3 Å². The Labute approximate surface area is 156 Å². The van der Waals surface area contributed by atoms with Crippen molar-refractivity contribution in [2.45, 2.75) is 24.6 Å². The number of hydrogen-bond donors (Lipinski definition) is 0. The van der Waals surface area contributed by atoms with Crippen LogP contribution in [0.5, 0.6) is 5.75 Å². The largest absolute Gasteiger partial charge is 0.485 e. The summed E-state index contributed by atoms with van der Waals surface area (Å²) in [4.78, 5) is 7.68. The average Bonchev–Trinajstić information content (AvgIpc) is 3.09. The Morgan fingerprint density at radius 1 is 1.08 bits per heavy atom. The first-order chi connectivity index (χ1) is 12.6. The lowest BCUT2D eigenvalue weighted by Crippen LogP contribution is -2.17. The number of hydrogen-bond acceptors (Lipinski definition) is 6. The molecule has 1 heterocycles. The molecule has 26 heavy (non-hydrogen) atoms. The summed E-state index contributed by atoms with van der Waals surface area (Å²) < 4.78 is 23.7. The van der Waals surface area contributed by atoms with Crippen molar-refractivity contribution >= 4 is 11.8 Å². The second kappa shape index (κ2) is 8.82. The molecule has 0 spiro atoms. The Morgan fingerprint density at radius 2 is 1.81 bits per heavy atom. The van der Waals surface area contributed by atoms with Gasteiger partial charge in [0.2, 0.25) is 11.7 Å². The molecule has 0 saturated carbocycles. The predicted octanol–water partition coefficient (Wildman–Crippen LogP) is 4.14. The highest BCUT2D eigenvalue weighted by molar-refractivity contribution is 7.98. The molecule has 3 aromatic rings. The van der Waals surface area contributed by atoms with Gasteiger partial charge < -0.3 is 9.26 Å². The maximum Gasteiger partial charge on any atom is 0.240 e. The van der Waals surface area contributed by atoms with Crippen molar-refractivity contribution < 1.29 is 13.7 Å².